The van der Waals surface area contributed by atoms with Crippen LogP contribution in [0.2, 0.25) is 0 Å². The van der Waals surface area contributed by atoms with Crippen LogP contribution in [0.25, 0.3) is 0 Å². The molecule has 2 fully saturated rings. The first-order chi connectivity index (χ1) is 8.68. The van der Waals surface area contributed by atoms with Crippen molar-refractivity contribution in [2.24, 2.45) is 11.3 Å². The van der Waals surface area contributed by atoms with Gasteiger partial charge in [0.15, 0.2) is 0 Å². The van der Waals surface area contributed by atoms with Crippen LogP contribution >= 0.6 is 0 Å². The number of aliphatic hydroxyl groups excluding tert-OH is 1. The topological polar surface area (TPSA) is 73.1 Å². The molecule has 0 saturated heterocycles. The summed E-state index contributed by atoms with van der Waals surface area (Å²) in [6.45, 7) is 0.299. The summed E-state index contributed by atoms with van der Waals surface area (Å²) >= 11 is 0. The van der Waals surface area contributed by atoms with Gasteiger partial charge in [-0.15, -0.1) is 0 Å². The van der Waals surface area contributed by atoms with Crippen molar-refractivity contribution in [2.75, 3.05) is 6.54 Å². The van der Waals surface area contributed by atoms with E-state index in [-0.39, 0.29) is 5.91 Å². The molecule has 0 aromatic rings. The molecule has 2 N–H and O–H groups in total. The second-order valence-corrected chi connectivity index (χ2v) is 5.72. The van der Waals surface area contributed by atoms with Gasteiger partial charge in [0.05, 0.1) is 12.2 Å². The molecule has 2 saturated carbocycles. The number of aliphatic hydroxyl groups is 1. The van der Waals surface area contributed by atoms with Crippen LogP contribution in [0.5, 0.6) is 0 Å². The molecular weight excluding hydrogens is 228 g/mol. The maximum atomic E-state index is 12.1. The maximum Gasteiger partial charge on any atom is 0.240 e. The zero-order chi connectivity index (χ0) is 13.0. The monoisotopic (exact) mass is 250 g/mol. The summed E-state index contributed by atoms with van der Waals surface area (Å²) in [4.78, 5) is 12.1. The van der Waals surface area contributed by atoms with Crippen LogP contribution in [0.15, 0.2) is 0 Å². The fourth-order valence-corrected chi connectivity index (χ4v) is 3.24. The largest absolute Gasteiger partial charge is 0.391 e. The predicted octanol–water partition coefficient (Wildman–Crippen LogP) is 1.74. The number of nitrogens with one attached hydrogen (secondary N) is 1. The summed E-state index contributed by atoms with van der Waals surface area (Å²) in [6.07, 6.45) is 7.24. The molecule has 0 bridgehead atoms. The van der Waals surface area contributed by atoms with Gasteiger partial charge in [0, 0.05) is 6.54 Å². The smallest absolute Gasteiger partial charge is 0.240 e. The van der Waals surface area contributed by atoms with Crippen LogP contribution < -0.4 is 5.32 Å². The van der Waals surface area contributed by atoms with Crippen molar-refractivity contribution in [3.05, 3.63) is 0 Å². The first-order valence-electron chi connectivity index (χ1n) is 7.05. The summed E-state index contributed by atoms with van der Waals surface area (Å²) in [5.41, 5.74) is -0.824. The Hall–Kier alpha value is -1.08. The van der Waals surface area contributed by atoms with Crippen LogP contribution in [0.1, 0.15) is 51.4 Å². The predicted molar refractivity (Wildman–Crippen MR) is 67.5 cm³/mol. The molecule has 2 aliphatic carbocycles. The third-order valence-corrected chi connectivity index (χ3v) is 4.52. The maximum absolute atomic E-state index is 12.1. The Labute approximate surface area is 108 Å². The van der Waals surface area contributed by atoms with Gasteiger partial charge in [0.2, 0.25) is 5.91 Å². The Bertz CT molecular complexity index is 336. The Balaban J connectivity index is 1.82. The highest BCUT2D eigenvalue weighted by Crippen LogP contribution is 2.37. The zero-order valence-corrected chi connectivity index (χ0v) is 10.8. The summed E-state index contributed by atoms with van der Waals surface area (Å²) in [7, 11) is 0. The van der Waals surface area contributed by atoms with Crippen molar-refractivity contribution in [3.63, 3.8) is 0 Å². The van der Waals surface area contributed by atoms with Gasteiger partial charge < -0.3 is 10.4 Å². The molecule has 4 nitrogen and oxygen atoms in total. The molecule has 0 heterocycles. The standard InChI is InChI=1S/C14H22N2O2/c15-10-14(7-3-4-8-14)13(18)16-9-12(17)11-5-1-2-6-11/h11-12,17H,1-9H2,(H,16,18). The van der Waals surface area contributed by atoms with E-state index in [1.165, 1.54) is 12.8 Å². The van der Waals surface area contributed by atoms with E-state index in [2.05, 4.69) is 11.4 Å². The van der Waals surface area contributed by atoms with Crippen molar-refractivity contribution in [1.29, 1.82) is 5.26 Å². The molecule has 2 aliphatic rings. The Kier molecular flexibility index (Phi) is 4.23. The fraction of sp³-hybridized carbons (Fsp3) is 0.857. The van der Waals surface area contributed by atoms with Gasteiger partial charge in [0.1, 0.15) is 5.41 Å². The Morgan fingerprint density at radius 2 is 1.94 bits per heavy atom. The molecule has 4 heteroatoms. The van der Waals surface area contributed by atoms with Gasteiger partial charge >= 0.3 is 0 Å². The van der Waals surface area contributed by atoms with Crippen LogP contribution in [-0.4, -0.2) is 23.7 Å². The fourth-order valence-electron chi connectivity index (χ4n) is 3.24. The number of amides is 1. The molecule has 2 rings (SSSR count). The molecule has 1 amide bonds. The molecule has 18 heavy (non-hydrogen) atoms. The van der Waals surface area contributed by atoms with E-state index in [0.717, 1.165) is 25.7 Å². The van der Waals surface area contributed by atoms with Crippen molar-refractivity contribution in [1.82, 2.24) is 5.32 Å². The third kappa shape index (κ3) is 2.67. The highest BCUT2D eigenvalue weighted by molar-refractivity contribution is 5.85. The van der Waals surface area contributed by atoms with Gasteiger partial charge in [-0.2, -0.15) is 5.26 Å². The summed E-state index contributed by atoms with van der Waals surface area (Å²) in [5, 5.41) is 22.0. The first-order valence-corrected chi connectivity index (χ1v) is 7.05. The van der Waals surface area contributed by atoms with E-state index in [9.17, 15) is 15.2 Å². The number of nitrogens with zero attached hydrogens (tertiary/aromatic N) is 1. The molecule has 100 valence electrons. The van der Waals surface area contributed by atoms with E-state index in [0.29, 0.717) is 25.3 Å². The van der Waals surface area contributed by atoms with Gasteiger partial charge in [-0.25, -0.2) is 0 Å². The number of carbonyl (C=O) groups is 1. The lowest BCUT2D eigenvalue weighted by molar-refractivity contribution is -0.128. The molecule has 1 unspecified atom stereocenters. The molecule has 0 aromatic carbocycles. The zero-order valence-electron chi connectivity index (χ0n) is 10.8. The van der Waals surface area contributed by atoms with Crippen LogP contribution in [0, 0.1) is 22.7 Å². The molecule has 0 spiro atoms. The minimum atomic E-state index is -0.824. The lowest BCUT2D eigenvalue weighted by Gasteiger charge is -2.22. The summed E-state index contributed by atoms with van der Waals surface area (Å²) < 4.78 is 0. The second kappa shape index (κ2) is 5.71. The van der Waals surface area contributed by atoms with Gasteiger partial charge in [0.25, 0.3) is 0 Å². The summed E-state index contributed by atoms with van der Waals surface area (Å²) in [5.74, 6) is 0.145. The van der Waals surface area contributed by atoms with E-state index in [4.69, 9.17) is 0 Å². The number of hydrogen-bond donors (Lipinski definition) is 2. The van der Waals surface area contributed by atoms with Crippen LogP contribution in [-0.2, 0) is 4.79 Å². The Morgan fingerprint density at radius 1 is 1.33 bits per heavy atom. The Morgan fingerprint density at radius 3 is 2.50 bits per heavy atom. The lowest BCUT2D eigenvalue weighted by atomic mass is 9.87. The molecule has 0 aliphatic heterocycles. The minimum Gasteiger partial charge on any atom is -0.391 e. The third-order valence-electron chi connectivity index (χ3n) is 4.52. The number of nitriles is 1. The van der Waals surface area contributed by atoms with Crippen molar-refractivity contribution < 1.29 is 9.90 Å². The second-order valence-electron chi connectivity index (χ2n) is 5.72. The van der Waals surface area contributed by atoms with E-state index < -0.39 is 11.5 Å². The highest BCUT2D eigenvalue weighted by Gasteiger charge is 2.41. The van der Waals surface area contributed by atoms with Gasteiger partial charge in [-0.05, 0) is 31.6 Å². The average molecular weight is 250 g/mol. The van der Waals surface area contributed by atoms with E-state index in [1.807, 2.05) is 0 Å². The quantitative estimate of drug-likeness (QED) is 0.798. The van der Waals surface area contributed by atoms with Crippen LogP contribution in [0.3, 0.4) is 0 Å². The van der Waals surface area contributed by atoms with Gasteiger partial charge in [-0.1, -0.05) is 25.7 Å². The highest BCUT2D eigenvalue weighted by atomic mass is 16.3. The molecular formula is C14H22N2O2. The normalized spacial score (nSPS) is 24.7. The minimum absolute atomic E-state index is 0.181. The molecule has 1 atom stereocenters. The van der Waals surface area contributed by atoms with Crippen molar-refractivity contribution >= 4 is 5.91 Å². The van der Waals surface area contributed by atoms with Crippen LogP contribution in [0.4, 0.5) is 0 Å². The van der Waals surface area contributed by atoms with E-state index >= 15 is 0 Å². The number of rotatable bonds is 4. The molecule has 0 aromatic heterocycles. The van der Waals surface area contributed by atoms with E-state index in [1.54, 1.807) is 0 Å². The SMILES string of the molecule is N#CC1(C(=O)NCC(O)C2CCCC2)CCCC1. The average Bonchev–Trinajstić information content (AvgIpc) is 3.06. The van der Waals surface area contributed by atoms with Crippen molar-refractivity contribution in [3.8, 4) is 6.07 Å². The lowest BCUT2D eigenvalue weighted by Crippen LogP contribution is -2.43. The molecule has 0 radical (unpaired) electrons. The summed E-state index contributed by atoms with van der Waals surface area (Å²) in [6, 6.07) is 2.18. The number of hydrogen-bond acceptors (Lipinski definition) is 3. The first kappa shape index (κ1) is 13.4. The van der Waals surface area contributed by atoms with Crippen molar-refractivity contribution in [2.45, 2.75) is 57.5 Å². The van der Waals surface area contributed by atoms with Gasteiger partial charge in [-0.3, -0.25) is 4.79 Å². The number of carbonyl (C=O) groups excluding carboxylic acids is 1.